The smallest absolute Gasteiger partial charge is 0.462 e. The van der Waals surface area contributed by atoms with Crippen LogP contribution in [0.5, 0.6) is 0 Å². The molecule has 0 aromatic carbocycles. The number of carbonyl (C=O) groups excluding carboxylic acids is 2. The molecular formula is C47H84O19P2. The number of esters is 2. The predicted molar refractivity (Wildman–Crippen MR) is 252 cm³/mol. The summed E-state index contributed by atoms with van der Waals surface area (Å²) in [5.41, 5.74) is 0. The van der Waals surface area contributed by atoms with E-state index in [-0.39, 0.29) is 38.5 Å². The molecular weight excluding hydrogens is 930 g/mol. The highest BCUT2D eigenvalue weighted by atomic mass is 31.2. The van der Waals surface area contributed by atoms with Crippen molar-refractivity contribution in [1.82, 2.24) is 0 Å². The minimum Gasteiger partial charge on any atom is -0.462 e. The number of unbranched alkanes of at least 4 members (excludes halogenated alkanes) is 13. The van der Waals surface area contributed by atoms with Gasteiger partial charge < -0.3 is 59.9 Å². The average molecular weight is 1020 g/mol. The van der Waals surface area contributed by atoms with Crippen LogP contribution in [0.3, 0.4) is 0 Å². The Kier molecular flexibility index (Phi) is 31.5. The Morgan fingerprint density at radius 1 is 0.838 bits per heavy atom. The zero-order valence-corrected chi connectivity index (χ0v) is 41.9. The Labute approximate surface area is 402 Å². The van der Waals surface area contributed by atoms with Crippen LogP contribution in [0.25, 0.3) is 0 Å². The zero-order valence-electron chi connectivity index (χ0n) is 40.1. The summed E-state index contributed by atoms with van der Waals surface area (Å²) >= 11 is 0. The molecule has 13 atom stereocenters. The molecule has 2 bridgehead atoms. The second kappa shape index (κ2) is 34.5. The van der Waals surface area contributed by atoms with Crippen LogP contribution in [-0.4, -0.2) is 137 Å². The maximum Gasteiger partial charge on any atom is 0.472 e. The molecule has 1 aliphatic carbocycles. The molecule has 0 amide bonds. The molecule has 0 aromatic rings. The van der Waals surface area contributed by atoms with E-state index in [4.69, 9.17) is 23.0 Å². The molecule has 1 fully saturated rings. The molecule has 2 aliphatic rings. The molecule has 68 heavy (non-hydrogen) atoms. The number of cyclic esters (lactones) is 1. The fraction of sp³-hybridized carbons (Fsp3) is 0.830. The molecule has 2 rings (SSSR count). The summed E-state index contributed by atoms with van der Waals surface area (Å²) in [6.07, 6.45) is 4.87. The molecule has 1 heterocycles. The van der Waals surface area contributed by atoms with Crippen molar-refractivity contribution in [1.29, 1.82) is 0 Å². The van der Waals surface area contributed by atoms with Crippen LogP contribution in [0, 0.1) is 11.8 Å². The van der Waals surface area contributed by atoms with Crippen LogP contribution < -0.4 is 0 Å². The number of ether oxygens (including phenoxy) is 2. The van der Waals surface area contributed by atoms with E-state index in [2.05, 4.69) is 19.1 Å². The second-order valence-electron chi connectivity index (χ2n) is 18.1. The fourth-order valence-corrected chi connectivity index (χ4v) is 9.78. The molecule has 396 valence electrons. The third-order valence-electron chi connectivity index (χ3n) is 12.2. The van der Waals surface area contributed by atoms with Gasteiger partial charge in [0, 0.05) is 31.1 Å². The fourth-order valence-electron chi connectivity index (χ4n) is 8.25. The maximum absolute atomic E-state index is 13.7. The summed E-state index contributed by atoms with van der Waals surface area (Å²) in [5, 5.41) is 79.6. The lowest BCUT2D eigenvalue weighted by atomic mass is 9.83. The van der Waals surface area contributed by atoms with Gasteiger partial charge in [-0.3, -0.25) is 23.2 Å². The number of aliphatic hydroxyl groups excluding tert-OH is 7. The minimum absolute atomic E-state index is 0.0517. The Hall–Kier alpha value is -1.90. The predicted octanol–water partition coefficient (Wildman–Crippen LogP) is 5.89. The van der Waals surface area contributed by atoms with Crippen molar-refractivity contribution in [3.63, 3.8) is 0 Å². The summed E-state index contributed by atoms with van der Waals surface area (Å²) in [4.78, 5) is 56.7. The molecule has 0 radical (unpaired) electrons. The lowest BCUT2D eigenvalue weighted by Crippen LogP contribution is -2.56. The number of hydrogen-bond donors (Lipinski definition) is 10. The SMILES string of the molecule is CCCCCC/C=C\CCCCCCCCCC(=O)OC[C@@H]1COP(=O)(O)O[C@H]2[C@H](O)[C@@H](O)[C@H](O)[C@@H](CC=CCCCC(=O)O1)[C@@H](O)C[C@@H](O)[C@H](C=C[C@@H](O)CCCCC)[C@@H](O)[C@H]2OP(=O)(O)O. The van der Waals surface area contributed by atoms with Crippen LogP contribution in [0.15, 0.2) is 36.5 Å². The van der Waals surface area contributed by atoms with Gasteiger partial charge in [-0.1, -0.05) is 121 Å². The van der Waals surface area contributed by atoms with E-state index >= 15 is 0 Å². The van der Waals surface area contributed by atoms with Crippen LogP contribution in [-0.2, 0) is 41.8 Å². The van der Waals surface area contributed by atoms with Crippen LogP contribution in [0.2, 0.25) is 0 Å². The summed E-state index contributed by atoms with van der Waals surface area (Å²) in [5.74, 6) is -4.50. The van der Waals surface area contributed by atoms with Crippen molar-refractivity contribution in [3.05, 3.63) is 36.5 Å². The van der Waals surface area contributed by atoms with Gasteiger partial charge >= 0.3 is 27.6 Å². The van der Waals surface area contributed by atoms with Crippen molar-refractivity contribution < 1.29 is 92.2 Å². The molecule has 0 spiro atoms. The van der Waals surface area contributed by atoms with E-state index in [1.807, 2.05) is 6.92 Å². The standard InChI is InChI=1S/C47H84O19P2/c1-3-5-7-8-9-10-11-12-13-14-15-16-17-18-23-27-40(51)62-32-35-33-63-68(60,61)66-47-45(56)44(55)42(53)36(26-22-19-20-24-28-41(52)64-35)38(49)31-39(50)37(30-29-34(48)25-21-6-4-2)43(54)46(47)65-67(57,58)59/h10-11,19,22,29-30,34-39,42-50,53-56H,3-9,12-18,20-21,23-28,31-33H2,1-2H3,(H,60,61)(H2,57,58,59)/b11-10-,22-19?,30-29?/t34-,35+,36-,37-,38-,39+,42+,43+,44-,45+,46+,47-/m0/s1. The highest BCUT2D eigenvalue weighted by molar-refractivity contribution is 7.47. The first-order valence-electron chi connectivity index (χ1n) is 24.8. The monoisotopic (exact) mass is 1010 g/mol. The van der Waals surface area contributed by atoms with Gasteiger partial charge in [0.2, 0.25) is 0 Å². The van der Waals surface area contributed by atoms with Crippen LogP contribution in [0.4, 0.5) is 0 Å². The van der Waals surface area contributed by atoms with Crippen molar-refractivity contribution in [2.45, 2.75) is 223 Å². The normalized spacial score (nSPS) is 31.4. The number of allylic oxidation sites excluding steroid dienone is 4. The van der Waals surface area contributed by atoms with Gasteiger partial charge in [0.15, 0.2) is 6.10 Å². The number of rotatable bonds is 25. The highest BCUT2D eigenvalue weighted by Crippen LogP contribution is 2.50. The molecule has 0 saturated heterocycles. The first-order chi connectivity index (χ1) is 32.3. The van der Waals surface area contributed by atoms with E-state index < -0.39 is 120 Å². The van der Waals surface area contributed by atoms with Gasteiger partial charge in [0.05, 0.1) is 37.1 Å². The molecule has 10 N–H and O–H groups in total. The zero-order chi connectivity index (χ0) is 50.5. The van der Waals surface area contributed by atoms with Gasteiger partial charge in [-0.15, -0.1) is 0 Å². The Morgan fingerprint density at radius 2 is 1.46 bits per heavy atom. The van der Waals surface area contributed by atoms with Crippen molar-refractivity contribution >= 4 is 27.6 Å². The second-order valence-corrected chi connectivity index (χ2v) is 20.7. The quantitative estimate of drug-likeness (QED) is 0.0221. The van der Waals surface area contributed by atoms with Crippen molar-refractivity contribution in [2.24, 2.45) is 11.8 Å². The molecule has 19 nitrogen and oxygen atoms in total. The van der Waals surface area contributed by atoms with E-state index in [1.165, 1.54) is 37.8 Å². The Morgan fingerprint density at radius 3 is 2.10 bits per heavy atom. The van der Waals surface area contributed by atoms with Crippen molar-refractivity contribution in [2.75, 3.05) is 13.2 Å². The molecule has 0 aromatic heterocycles. The maximum atomic E-state index is 13.7. The van der Waals surface area contributed by atoms with E-state index in [1.54, 1.807) is 6.08 Å². The molecule has 21 heteroatoms. The van der Waals surface area contributed by atoms with Crippen LogP contribution >= 0.6 is 15.6 Å². The van der Waals surface area contributed by atoms with E-state index in [0.717, 1.165) is 70.3 Å². The summed E-state index contributed by atoms with van der Waals surface area (Å²) in [6.45, 7) is 2.56. The third kappa shape index (κ3) is 26.0. The first kappa shape index (κ1) is 62.2. The number of fused-ring (bicyclic) bond motifs is 4. The minimum atomic E-state index is -5.76. The molecule has 1 saturated carbocycles. The lowest BCUT2D eigenvalue weighted by Gasteiger charge is -2.38. The summed E-state index contributed by atoms with van der Waals surface area (Å²) in [7, 11) is -11.4. The van der Waals surface area contributed by atoms with Gasteiger partial charge in [-0.05, 0) is 57.8 Å². The number of carbonyl (C=O) groups is 2. The molecule has 1 aliphatic heterocycles. The number of aliphatic hydroxyl groups is 7. The number of phosphoric acid groups is 2. The number of hydrogen-bond acceptors (Lipinski definition) is 16. The van der Waals surface area contributed by atoms with Gasteiger partial charge in [-0.2, -0.15) is 0 Å². The van der Waals surface area contributed by atoms with Gasteiger partial charge in [-0.25, -0.2) is 9.13 Å². The third-order valence-corrected chi connectivity index (χ3v) is 13.7. The number of phosphoric ester groups is 2. The topological polar surface area (TPSA) is 317 Å². The van der Waals surface area contributed by atoms with Crippen LogP contribution in [0.1, 0.15) is 162 Å². The van der Waals surface area contributed by atoms with Crippen molar-refractivity contribution in [3.8, 4) is 0 Å². The van der Waals surface area contributed by atoms with E-state index in [9.17, 15) is 69.1 Å². The average Bonchev–Trinajstić information content (AvgIpc) is 3.28. The van der Waals surface area contributed by atoms with Gasteiger partial charge in [0.25, 0.3) is 0 Å². The highest BCUT2D eigenvalue weighted by Gasteiger charge is 2.51. The Bertz CT molecular complexity index is 1570. The Balaban J connectivity index is 2.29. The summed E-state index contributed by atoms with van der Waals surface area (Å²) < 4.78 is 52.2. The lowest BCUT2D eigenvalue weighted by molar-refractivity contribution is -0.165. The largest absolute Gasteiger partial charge is 0.472 e. The molecule has 1 unspecified atom stereocenters. The van der Waals surface area contributed by atoms with E-state index in [0.29, 0.717) is 12.8 Å². The van der Waals surface area contributed by atoms with Gasteiger partial charge in [0.1, 0.15) is 31.0 Å². The summed E-state index contributed by atoms with van der Waals surface area (Å²) in [6, 6.07) is 0. The first-order valence-corrected chi connectivity index (χ1v) is 27.8.